The summed E-state index contributed by atoms with van der Waals surface area (Å²) in [6.45, 7) is 0. The molecule has 0 aromatic heterocycles. The molecule has 1 aromatic carbocycles. The number of methoxy groups -OCH3 is 1. The van der Waals surface area contributed by atoms with E-state index in [0.717, 1.165) is 24.0 Å². The highest BCUT2D eigenvalue weighted by Gasteiger charge is 2.56. The normalized spacial score (nSPS) is 31.4. The van der Waals surface area contributed by atoms with Crippen molar-refractivity contribution in [3.05, 3.63) is 35.4 Å². The molecule has 0 aliphatic carbocycles. The van der Waals surface area contributed by atoms with Crippen LogP contribution in [0.25, 0.3) is 0 Å². The van der Waals surface area contributed by atoms with Crippen LogP contribution in [-0.2, 0) is 19.9 Å². The molecule has 15 heavy (non-hydrogen) atoms. The van der Waals surface area contributed by atoms with E-state index < -0.39 is 5.60 Å². The maximum absolute atomic E-state index is 11.8. The fourth-order valence-electron chi connectivity index (χ4n) is 2.68. The van der Waals surface area contributed by atoms with Gasteiger partial charge in [-0.15, -0.1) is 0 Å². The summed E-state index contributed by atoms with van der Waals surface area (Å²) in [7, 11) is 1.41. The van der Waals surface area contributed by atoms with Crippen molar-refractivity contribution in [2.24, 2.45) is 0 Å². The summed E-state index contributed by atoms with van der Waals surface area (Å²) in [5.74, 6) is -0.269. The van der Waals surface area contributed by atoms with Gasteiger partial charge in [-0.1, -0.05) is 24.3 Å². The average molecular weight is 204 g/mol. The van der Waals surface area contributed by atoms with Gasteiger partial charge in [0.05, 0.1) is 13.2 Å². The van der Waals surface area contributed by atoms with E-state index in [1.807, 2.05) is 24.3 Å². The molecule has 0 spiro atoms. The van der Waals surface area contributed by atoms with Gasteiger partial charge in [0.1, 0.15) is 0 Å². The SMILES string of the molecule is COC(=O)[C@]12CC[C@H](O1)c1ccccc12. The molecule has 2 bridgehead atoms. The van der Waals surface area contributed by atoms with E-state index in [1.54, 1.807) is 0 Å². The van der Waals surface area contributed by atoms with E-state index in [2.05, 4.69) is 0 Å². The van der Waals surface area contributed by atoms with E-state index in [4.69, 9.17) is 9.47 Å². The number of hydrogen-bond donors (Lipinski definition) is 0. The van der Waals surface area contributed by atoms with Crippen LogP contribution in [0.5, 0.6) is 0 Å². The summed E-state index contributed by atoms with van der Waals surface area (Å²) < 4.78 is 10.7. The van der Waals surface area contributed by atoms with Gasteiger partial charge >= 0.3 is 5.97 Å². The first-order chi connectivity index (χ1) is 7.28. The van der Waals surface area contributed by atoms with Gasteiger partial charge in [0.25, 0.3) is 0 Å². The Morgan fingerprint density at radius 1 is 1.53 bits per heavy atom. The van der Waals surface area contributed by atoms with Crippen LogP contribution in [0.3, 0.4) is 0 Å². The van der Waals surface area contributed by atoms with Gasteiger partial charge in [0.2, 0.25) is 0 Å². The van der Waals surface area contributed by atoms with Crippen molar-refractivity contribution in [3.63, 3.8) is 0 Å². The lowest BCUT2D eigenvalue weighted by molar-refractivity contribution is -0.166. The van der Waals surface area contributed by atoms with Crippen LogP contribution >= 0.6 is 0 Å². The van der Waals surface area contributed by atoms with Crippen LogP contribution in [0.2, 0.25) is 0 Å². The zero-order valence-corrected chi connectivity index (χ0v) is 8.53. The lowest BCUT2D eigenvalue weighted by Crippen LogP contribution is -2.34. The van der Waals surface area contributed by atoms with Gasteiger partial charge in [-0.3, -0.25) is 0 Å². The molecule has 0 N–H and O–H groups in total. The van der Waals surface area contributed by atoms with E-state index >= 15 is 0 Å². The highest BCUT2D eigenvalue weighted by atomic mass is 16.6. The Balaban J connectivity index is 2.17. The maximum Gasteiger partial charge on any atom is 0.342 e. The Hall–Kier alpha value is -1.35. The second-order valence-electron chi connectivity index (χ2n) is 4.05. The molecule has 2 aliphatic rings. The summed E-state index contributed by atoms with van der Waals surface area (Å²) in [5, 5.41) is 0. The standard InChI is InChI=1S/C12H12O3/c1-14-11(13)12-7-6-10(15-12)8-4-2-3-5-9(8)12/h2-5,10H,6-7H2,1H3/t10-,12+/m0/s1. The largest absolute Gasteiger partial charge is 0.467 e. The molecule has 0 radical (unpaired) electrons. The second kappa shape index (κ2) is 2.83. The summed E-state index contributed by atoms with van der Waals surface area (Å²) >= 11 is 0. The molecule has 0 saturated carbocycles. The minimum Gasteiger partial charge on any atom is -0.467 e. The van der Waals surface area contributed by atoms with Crippen molar-refractivity contribution in [2.45, 2.75) is 24.5 Å². The van der Waals surface area contributed by atoms with E-state index in [1.165, 1.54) is 7.11 Å². The van der Waals surface area contributed by atoms with Gasteiger partial charge in [-0.05, 0) is 18.4 Å². The quantitative estimate of drug-likeness (QED) is 0.655. The maximum atomic E-state index is 11.8. The molecule has 3 rings (SSSR count). The number of fused-ring (bicyclic) bond motifs is 5. The zero-order chi connectivity index (χ0) is 10.5. The van der Waals surface area contributed by atoms with Gasteiger partial charge in [0.15, 0.2) is 5.60 Å². The summed E-state index contributed by atoms with van der Waals surface area (Å²) in [5.41, 5.74) is 1.33. The molecule has 3 nitrogen and oxygen atoms in total. The second-order valence-corrected chi connectivity index (χ2v) is 4.05. The third-order valence-corrected chi connectivity index (χ3v) is 3.36. The smallest absolute Gasteiger partial charge is 0.342 e. The molecule has 2 aliphatic heterocycles. The molecule has 1 fully saturated rings. The number of benzene rings is 1. The van der Waals surface area contributed by atoms with Crippen molar-refractivity contribution in [2.75, 3.05) is 7.11 Å². The molecule has 78 valence electrons. The molecular weight excluding hydrogens is 192 g/mol. The van der Waals surface area contributed by atoms with E-state index in [-0.39, 0.29) is 12.1 Å². The Morgan fingerprint density at radius 3 is 3.13 bits per heavy atom. The predicted molar refractivity (Wildman–Crippen MR) is 53.2 cm³/mol. The first-order valence-electron chi connectivity index (χ1n) is 5.13. The highest BCUT2D eigenvalue weighted by molar-refractivity contribution is 5.83. The minimum absolute atomic E-state index is 0.0836. The third kappa shape index (κ3) is 0.960. The number of esters is 1. The summed E-state index contributed by atoms with van der Waals surface area (Å²) in [4.78, 5) is 11.8. The first kappa shape index (κ1) is 8.92. The fraction of sp³-hybridized carbons (Fsp3) is 0.417. The van der Waals surface area contributed by atoms with Crippen LogP contribution in [0.15, 0.2) is 24.3 Å². The average Bonchev–Trinajstić information content (AvgIpc) is 2.86. The van der Waals surface area contributed by atoms with Crippen molar-refractivity contribution < 1.29 is 14.3 Å². The monoisotopic (exact) mass is 204 g/mol. The summed E-state index contributed by atoms with van der Waals surface area (Å²) in [6, 6.07) is 7.91. The van der Waals surface area contributed by atoms with E-state index in [9.17, 15) is 4.79 Å². The van der Waals surface area contributed by atoms with Crippen molar-refractivity contribution in [1.29, 1.82) is 0 Å². The van der Waals surface area contributed by atoms with E-state index in [0.29, 0.717) is 0 Å². The van der Waals surface area contributed by atoms with Gasteiger partial charge < -0.3 is 9.47 Å². The molecule has 0 unspecified atom stereocenters. The van der Waals surface area contributed by atoms with Crippen molar-refractivity contribution >= 4 is 5.97 Å². The zero-order valence-electron chi connectivity index (χ0n) is 8.53. The lowest BCUT2D eigenvalue weighted by atomic mass is 9.82. The Labute approximate surface area is 88.0 Å². The highest BCUT2D eigenvalue weighted by Crippen LogP contribution is 2.55. The number of carbonyl (C=O) groups excluding carboxylic acids is 1. The Kier molecular flexibility index (Phi) is 1.68. The molecule has 3 heteroatoms. The van der Waals surface area contributed by atoms with Crippen LogP contribution in [-0.4, -0.2) is 13.1 Å². The molecule has 2 atom stereocenters. The van der Waals surface area contributed by atoms with Crippen LogP contribution in [0.1, 0.15) is 30.1 Å². The Morgan fingerprint density at radius 2 is 2.33 bits per heavy atom. The topological polar surface area (TPSA) is 35.5 Å². The number of hydrogen-bond acceptors (Lipinski definition) is 3. The molecule has 0 amide bonds. The number of ether oxygens (including phenoxy) is 2. The molecular formula is C12H12O3. The molecule has 1 saturated heterocycles. The Bertz CT molecular complexity index is 427. The van der Waals surface area contributed by atoms with Gasteiger partial charge in [-0.25, -0.2) is 4.79 Å². The van der Waals surface area contributed by atoms with Crippen molar-refractivity contribution in [3.8, 4) is 0 Å². The van der Waals surface area contributed by atoms with Crippen LogP contribution in [0.4, 0.5) is 0 Å². The van der Waals surface area contributed by atoms with Gasteiger partial charge in [0, 0.05) is 5.56 Å². The fourth-order valence-corrected chi connectivity index (χ4v) is 2.68. The molecule has 2 heterocycles. The van der Waals surface area contributed by atoms with Gasteiger partial charge in [-0.2, -0.15) is 0 Å². The summed E-state index contributed by atoms with van der Waals surface area (Å²) in [6.07, 6.45) is 1.73. The predicted octanol–water partition coefficient (Wildman–Crippen LogP) is 1.92. The third-order valence-electron chi connectivity index (χ3n) is 3.36. The van der Waals surface area contributed by atoms with Crippen LogP contribution < -0.4 is 0 Å². The number of carbonyl (C=O) groups is 1. The molecule has 1 aromatic rings. The van der Waals surface area contributed by atoms with Crippen LogP contribution in [0, 0.1) is 0 Å². The minimum atomic E-state index is -0.810. The first-order valence-corrected chi connectivity index (χ1v) is 5.13. The lowest BCUT2D eigenvalue weighted by Gasteiger charge is -2.23. The van der Waals surface area contributed by atoms with Crippen molar-refractivity contribution in [1.82, 2.24) is 0 Å². The number of rotatable bonds is 1.